The molecule has 15 heavy (non-hydrogen) atoms. The zero-order valence-electron chi connectivity index (χ0n) is 9.52. The third-order valence-electron chi connectivity index (χ3n) is 2.33. The quantitative estimate of drug-likeness (QED) is 0.694. The topological polar surface area (TPSA) is 55.8 Å². The molecule has 1 aliphatic heterocycles. The second kappa shape index (κ2) is 4.78. The van der Waals surface area contributed by atoms with Crippen molar-refractivity contribution in [1.82, 2.24) is 4.31 Å². The lowest BCUT2D eigenvalue weighted by atomic mass is 10.1. The van der Waals surface area contributed by atoms with Crippen molar-refractivity contribution in [3.8, 4) is 0 Å². The maximum Gasteiger partial charge on any atom is 0.216 e. The van der Waals surface area contributed by atoms with Gasteiger partial charge in [-0.05, 0) is 13.8 Å². The minimum absolute atomic E-state index is 0.0413. The minimum Gasteiger partial charge on any atom is -0.384 e. The molecule has 0 saturated carbocycles. The fourth-order valence-electron chi connectivity index (χ4n) is 1.53. The predicted octanol–water partition coefficient (Wildman–Crippen LogP) is 0.0734. The Labute approximate surface area is 91.4 Å². The van der Waals surface area contributed by atoms with Crippen LogP contribution >= 0.6 is 0 Å². The molecule has 0 bridgehead atoms. The summed E-state index contributed by atoms with van der Waals surface area (Å²) >= 11 is 0. The van der Waals surface area contributed by atoms with Crippen LogP contribution < -0.4 is 0 Å². The lowest BCUT2D eigenvalue weighted by Crippen LogP contribution is -2.51. The zero-order chi connectivity index (χ0) is 11.5. The molecule has 0 radical (unpaired) electrons. The first kappa shape index (κ1) is 12.9. The first-order chi connectivity index (χ1) is 6.87. The van der Waals surface area contributed by atoms with Crippen molar-refractivity contribution in [1.29, 1.82) is 0 Å². The second-order valence-corrected chi connectivity index (χ2v) is 6.34. The fraction of sp³-hybridized carbons (Fsp3) is 1.00. The predicted molar refractivity (Wildman–Crippen MR) is 57.3 cm³/mol. The average Bonchev–Trinajstić information content (AvgIpc) is 2.13. The van der Waals surface area contributed by atoms with E-state index in [0.717, 1.165) is 0 Å². The van der Waals surface area contributed by atoms with E-state index in [9.17, 15) is 8.42 Å². The Hall–Kier alpha value is -0.170. The highest BCUT2D eigenvalue weighted by Crippen LogP contribution is 2.19. The van der Waals surface area contributed by atoms with Crippen LogP contribution in [0.2, 0.25) is 0 Å². The largest absolute Gasteiger partial charge is 0.384 e. The molecule has 0 amide bonds. The normalized spacial score (nSPS) is 22.9. The number of hydrogen-bond donors (Lipinski definition) is 0. The summed E-state index contributed by atoms with van der Waals surface area (Å²) < 4.78 is 35.4. The summed E-state index contributed by atoms with van der Waals surface area (Å²) in [6.07, 6.45) is 0. The summed E-state index contributed by atoms with van der Waals surface area (Å²) in [5, 5.41) is 0. The van der Waals surface area contributed by atoms with E-state index >= 15 is 0 Å². The van der Waals surface area contributed by atoms with E-state index in [-0.39, 0.29) is 12.4 Å². The van der Waals surface area contributed by atoms with Crippen LogP contribution in [0.15, 0.2) is 0 Å². The SMILES string of the molecule is COCCS(=O)(=O)N1CCOC(C)(C)C1. The highest BCUT2D eigenvalue weighted by Gasteiger charge is 2.33. The summed E-state index contributed by atoms with van der Waals surface area (Å²) in [6.45, 7) is 5.34. The molecule has 1 fully saturated rings. The molecular weight excluding hydrogens is 218 g/mol. The smallest absolute Gasteiger partial charge is 0.216 e. The fourth-order valence-corrected chi connectivity index (χ4v) is 3.02. The number of nitrogens with zero attached hydrogens (tertiary/aromatic N) is 1. The Kier molecular flexibility index (Phi) is 4.11. The minimum atomic E-state index is -3.19. The van der Waals surface area contributed by atoms with Gasteiger partial charge < -0.3 is 9.47 Å². The van der Waals surface area contributed by atoms with E-state index in [0.29, 0.717) is 19.7 Å². The number of morpholine rings is 1. The number of methoxy groups -OCH3 is 1. The number of rotatable bonds is 4. The standard InChI is InChI=1S/C9H19NO4S/c1-9(2)8-10(4-5-14-9)15(11,12)7-6-13-3/h4-8H2,1-3H3. The van der Waals surface area contributed by atoms with Gasteiger partial charge in [-0.1, -0.05) is 0 Å². The lowest BCUT2D eigenvalue weighted by Gasteiger charge is -2.37. The summed E-state index contributed by atoms with van der Waals surface area (Å²) in [7, 11) is -1.69. The molecule has 1 rings (SSSR count). The zero-order valence-corrected chi connectivity index (χ0v) is 10.3. The number of hydrogen-bond acceptors (Lipinski definition) is 4. The first-order valence-electron chi connectivity index (χ1n) is 4.98. The molecule has 1 aliphatic rings. The van der Waals surface area contributed by atoms with E-state index in [2.05, 4.69) is 0 Å². The molecule has 0 atom stereocenters. The molecule has 0 aliphatic carbocycles. The van der Waals surface area contributed by atoms with Gasteiger partial charge in [0.1, 0.15) is 0 Å². The van der Waals surface area contributed by atoms with Gasteiger partial charge in [0, 0.05) is 20.2 Å². The maximum absolute atomic E-state index is 11.8. The Morgan fingerprint density at radius 1 is 1.47 bits per heavy atom. The van der Waals surface area contributed by atoms with Crippen molar-refractivity contribution in [3.63, 3.8) is 0 Å². The summed E-state index contributed by atoms with van der Waals surface area (Å²) in [5.74, 6) is 0.0413. The third-order valence-corrected chi connectivity index (χ3v) is 4.11. The molecule has 5 nitrogen and oxygen atoms in total. The lowest BCUT2D eigenvalue weighted by molar-refractivity contribution is -0.0641. The van der Waals surface area contributed by atoms with Crippen molar-refractivity contribution >= 4 is 10.0 Å². The van der Waals surface area contributed by atoms with Crippen LogP contribution in [0.4, 0.5) is 0 Å². The highest BCUT2D eigenvalue weighted by atomic mass is 32.2. The van der Waals surface area contributed by atoms with Crippen LogP contribution in [0.5, 0.6) is 0 Å². The van der Waals surface area contributed by atoms with E-state index in [1.165, 1.54) is 11.4 Å². The van der Waals surface area contributed by atoms with Gasteiger partial charge in [0.15, 0.2) is 0 Å². The molecule has 1 saturated heterocycles. The monoisotopic (exact) mass is 237 g/mol. The first-order valence-corrected chi connectivity index (χ1v) is 6.59. The Bertz CT molecular complexity index is 299. The Balaban J connectivity index is 2.63. The Morgan fingerprint density at radius 2 is 2.13 bits per heavy atom. The van der Waals surface area contributed by atoms with Gasteiger partial charge >= 0.3 is 0 Å². The van der Waals surface area contributed by atoms with Crippen LogP contribution in [0.1, 0.15) is 13.8 Å². The molecular formula is C9H19NO4S. The van der Waals surface area contributed by atoms with Gasteiger partial charge in [0.2, 0.25) is 10.0 Å². The van der Waals surface area contributed by atoms with Crippen LogP contribution in [-0.4, -0.2) is 57.5 Å². The Morgan fingerprint density at radius 3 is 2.67 bits per heavy atom. The molecule has 0 unspecified atom stereocenters. The van der Waals surface area contributed by atoms with E-state index < -0.39 is 15.6 Å². The number of ether oxygens (including phenoxy) is 2. The molecule has 0 N–H and O–H groups in total. The molecule has 0 spiro atoms. The van der Waals surface area contributed by atoms with Crippen LogP contribution in [-0.2, 0) is 19.5 Å². The van der Waals surface area contributed by atoms with Crippen LogP contribution in [0, 0.1) is 0 Å². The van der Waals surface area contributed by atoms with Gasteiger partial charge in [0.05, 0.1) is 24.6 Å². The van der Waals surface area contributed by atoms with Gasteiger partial charge in [-0.3, -0.25) is 0 Å². The molecule has 0 aromatic heterocycles. The summed E-state index contributed by atoms with van der Waals surface area (Å²) in [5.41, 5.74) is -0.390. The van der Waals surface area contributed by atoms with Gasteiger partial charge in [-0.15, -0.1) is 0 Å². The van der Waals surface area contributed by atoms with E-state index in [1.54, 1.807) is 0 Å². The highest BCUT2D eigenvalue weighted by molar-refractivity contribution is 7.89. The third kappa shape index (κ3) is 3.71. The van der Waals surface area contributed by atoms with Crippen molar-refractivity contribution < 1.29 is 17.9 Å². The molecule has 6 heteroatoms. The summed E-state index contributed by atoms with van der Waals surface area (Å²) in [6, 6.07) is 0. The summed E-state index contributed by atoms with van der Waals surface area (Å²) in [4.78, 5) is 0. The number of sulfonamides is 1. The van der Waals surface area contributed by atoms with Crippen molar-refractivity contribution in [2.24, 2.45) is 0 Å². The van der Waals surface area contributed by atoms with E-state index in [4.69, 9.17) is 9.47 Å². The van der Waals surface area contributed by atoms with Crippen LogP contribution in [0.25, 0.3) is 0 Å². The van der Waals surface area contributed by atoms with E-state index in [1.807, 2.05) is 13.8 Å². The molecule has 90 valence electrons. The van der Waals surface area contributed by atoms with Gasteiger partial charge in [0.25, 0.3) is 0 Å². The van der Waals surface area contributed by atoms with Crippen molar-refractivity contribution in [3.05, 3.63) is 0 Å². The molecule has 1 heterocycles. The van der Waals surface area contributed by atoms with Gasteiger partial charge in [-0.25, -0.2) is 8.42 Å². The van der Waals surface area contributed by atoms with Gasteiger partial charge in [-0.2, -0.15) is 4.31 Å². The average molecular weight is 237 g/mol. The van der Waals surface area contributed by atoms with Crippen molar-refractivity contribution in [2.45, 2.75) is 19.4 Å². The molecule has 0 aromatic carbocycles. The second-order valence-electron chi connectivity index (χ2n) is 4.25. The molecule has 0 aromatic rings. The van der Waals surface area contributed by atoms with Crippen molar-refractivity contribution in [2.75, 3.05) is 39.2 Å². The maximum atomic E-state index is 11.8. The van der Waals surface area contributed by atoms with Crippen LogP contribution in [0.3, 0.4) is 0 Å².